The highest BCUT2D eigenvalue weighted by Gasteiger charge is 2.14. The molecular formula is C8H6BrNO3. The zero-order valence-corrected chi connectivity index (χ0v) is 8.02. The molecule has 0 saturated carbocycles. The van der Waals surface area contributed by atoms with Crippen LogP contribution in [0.4, 0.5) is 0 Å². The highest BCUT2D eigenvalue weighted by atomic mass is 79.9. The van der Waals surface area contributed by atoms with E-state index in [0.717, 1.165) is 0 Å². The number of nitrogens with zero attached hydrogens (tertiary/aromatic N) is 1. The number of rotatable bonds is 2. The Hall–Kier alpha value is -1.09. The lowest BCUT2D eigenvalue weighted by atomic mass is 10.1. The third kappa shape index (κ3) is 2.18. The summed E-state index contributed by atoms with van der Waals surface area (Å²) in [7, 11) is 0. The molecule has 0 aromatic heterocycles. The molecular weight excluding hydrogens is 238 g/mol. The fourth-order valence-electron chi connectivity index (χ4n) is 0.882. The number of phenols is 1. The molecule has 1 unspecified atom stereocenters. The van der Waals surface area contributed by atoms with Gasteiger partial charge in [-0.05, 0) is 18.2 Å². The van der Waals surface area contributed by atoms with E-state index in [2.05, 4.69) is 20.8 Å². The van der Waals surface area contributed by atoms with Gasteiger partial charge in [-0.15, -0.1) is 0 Å². The van der Waals surface area contributed by atoms with E-state index in [-0.39, 0.29) is 5.75 Å². The Kier molecular flexibility index (Phi) is 3.25. The lowest BCUT2D eigenvalue weighted by Gasteiger charge is -2.07. The molecule has 0 aliphatic heterocycles. The zero-order valence-electron chi connectivity index (χ0n) is 6.44. The maximum absolute atomic E-state index is 9.11. The number of nitriles is 1. The van der Waals surface area contributed by atoms with Gasteiger partial charge in [-0.1, -0.05) is 15.9 Å². The fraction of sp³-hybridized carbons (Fsp3) is 0.125. The molecule has 1 rings (SSSR count). The summed E-state index contributed by atoms with van der Waals surface area (Å²) in [6, 6.07) is 6.09. The largest absolute Gasteiger partial charge is 0.508 e. The molecule has 0 saturated heterocycles. The molecule has 5 heteroatoms. The Labute approximate surface area is 83.1 Å². The molecule has 0 aliphatic carbocycles. The Bertz CT molecular complexity index is 348. The van der Waals surface area contributed by atoms with Crippen LogP contribution in [-0.4, -0.2) is 10.4 Å². The van der Waals surface area contributed by atoms with Gasteiger partial charge in [0.15, 0.2) is 0 Å². The van der Waals surface area contributed by atoms with Crippen LogP contribution in [0.25, 0.3) is 0 Å². The minimum Gasteiger partial charge on any atom is -0.508 e. The van der Waals surface area contributed by atoms with Crippen molar-refractivity contribution in [3.63, 3.8) is 0 Å². The molecule has 0 radical (unpaired) electrons. The lowest BCUT2D eigenvalue weighted by molar-refractivity contribution is -0.266. The average molecular weight is 244 g/mol. The van der Waals surface area contributed by atoms with Crippen molar-refractivity contribution in [1.82, 2.24) is 0 Å². The van der Waals surface area contributed by atoms with Crippen LogP contribution in [-0.2, 0) is 4.89 Å². The summed E-state index contributed by atoms with van der Waals surface area (Å²) >= 11 is 3.16. The summed E-state index contributed by atoms with van der Waals surface area (Å²) < 4.78 is 0.589. The van der Waals surface area contributed by atoms with Gasteiger partial charge in [0, 0.05) is 10.0 Å². The second-order valence-electron chi connectivity index (χ2n) is 2.32. The minimum absolute atomic E-state index is 0.00972. The van der Waals surface area contributed by atoms with E-state index in [4.69, 9.17) is 15.6 Å². The quantitative estimate of drug-likeness (QED) is 0.617. The molecule has 13 heavy (non-hydrogen) atoms. The van der Waals surface area contributed by atoms with Crippen LogP contribution in [0.5, 0.6) is 5.75 Å². The fourth-order valence-corrected chi connectivity index (χ4v) is 1.34. The molecule has 0 aliphatic rings. The maximum Gasteiger partial charge on any atom is 0.205 e. The van der Waals surface area contributed by atoms with Crippen LogP contribution in [0.15, 0.2) is 22.7 Å². The minimum atomic E-state index is -1.10. The molecule has 1 aromatic rings. The third-order valence-corrected chi connectivity index (χ3v) is 2.21. The predicted octanol–water partition coefficient (Wildman–Crippen LogP) is 2.21. The molecule has 0 heterocycles. The van der Waals surface area contributed by atoms with Gasteiger partial charge in [0.25, 0.3) is 0 Å². The summed E-state index contributed by atoms with van der Waals surface area (Å²) in [4.78, 5) is 3.92. The summed E-state index contributed by atoms with van der Waals surface area (Å²) in [6.45, 7) is 0. The number of benzene rings is 1. The van der Waals surface area contributed by atoms with Gasteiger partial charge >= 0.3 is 0 Å². The van der Waals surface area contributed by atoms with Crippen LogP contribution in [0, 0.1) is 11.3 Å². The number of halogens is 1. The van der Waals surface area contributed by atoms with Gasteiger partial charge in [-0.3, -0.25) is 5.26 Å². The maximum atomic E-state index is 9.11. The predicted molar refractivity (Wildman–Crippen MR) is 47.9 cm³/mol. The number of phenolic OH excluding ortho intramolecular Hbond substituents is 1. The summed E-state index contributed by atoms with van der Waals surface area (Å²) in [6.07, 6.45) is -1.10. The number of hydrogen-bond acceptors (Lipinski definition) is 4. The van der Waals surface area contributed by atoms with Crippen LogP contribution in [0.3, 0.4) is 0 Å². The Morgan fingerprint density at radius 1 is 1.54 bits per heavy atom. The average Bonchev–Trinajstić information content (AvgIpc) is 2.13. The van der Waals surface area contributed by atoms with Crippen LogP contribution >= 0.6 is 15.9 Å². The van der Waals surface area contributed by atoms with Crippen molar-refractivity contribution in [3.8, 4) is 11.8 Å². The van der Waals surface area contributed by atoms with Gasteiger partial charge in [0.2, 0.25) is 6.10 Å². The van der Waals surface area contributed by atoms with Crippen molar-refractivity contribution in [2.45, 2.75) is 6.10 Å². The first-order valence-corrected chi connectivity index (χ1v) is 4.16. The normalized spacial score (nSPS) is 12.1. The SMILES string of the molecule is N#CC(OO)c1cc(O)ccc1Br. The highest BCUT2D eigenvalue weighted by molar-refractivity contribution is 9.10. The molecule has 0 amide bonds. The first kappa shape index (κ1) is 9.99. The third-order valence-electron chi connectivity index (χ3n) is 1.48. The summed E-state index contributed by atoms with van der Waals surface area (Å²) in [5.74, 6) is 0.00972. The van der Waals surface area contributed by atoms with E-state index in [1.807, 2.05) is 0 Å². The van der Waals surface area contributed by atoms with E-state index in [1.165, 1.54) is 12.1 Å². The lowest BCUT2D eigenvalue weighted by Crippen LogP contribution is -1.99. The van der Waals surface area contributed by atoms with E-state index >= 15 is 0 Å². The molecule has 68 valence electrons. The standard InChI is InChI=1S/C8H6BrNO3/c9-7-2-1-5(11)3-6(7)8(4-10)13-12/h1-3,8,11-12H. The van der Waals surface area contributed by atoms with Crippen LogP contribution < -0.4 is 0 Å². The van der Waals surface area contributed by atoms with Crippen molar-refractivity contribution in [2.75, 3.05) is 0 Å². The van der Waals surface area contributed by atoms with Crippen LogP contribution in [0.1, 0.15) is 11.7 Å². The molecule has 0 fully saturated rings. The van der Waals surface area contributed by atoms with Gasteiger partial charge in [0.1, 0.15) is 11.8 Å². The van der Waals surface area contributed by atoms with Gasteiger partial charge in [0.05, 0.1) is 0 Å². The van der Waals surface area contributed by atoms with Gasteiger partial charge < -0.3 is 5.11 Å². The van der Waals surface area contributed by atoms with Crippen molar-refractivity contribution >= 4 is 15.9 Å². The smallest absolute Gasteiger partial charge is 0.205 e. The van der Waals surface area contributed by atoms with E-state index < -0.39 is 6.10 Å². The molecule has 2 N–H and O–H groups in total. The second-order valence-corrected chi connectivity index (χ2v) is 3.17. The van der Waals surface area contributed by atoms with E-state index in [9.17, 15) is 0 Å². The number of hydrogen-bond donors (Lipinski definition) is 2. The molecule has 1 atom stereocenters. The van der Waals surface area contributed by atoms with Crippen molar-refractivity contribution < 1.29 is 15.3 Å². The summed E-state index contributed by atoms with van der Waals surface area (Å²) in [5.41, 5.74) is 0.380. The molecule has 1 aromatic carbocycles. The number of aromatic hydroxyl groups is 1. The Balaban J connectivity index is 3.13. The Morgan fingerprint density at radius 2 is 2.23 bits per heavy atom. The van der Waals surface area contributed by atoms with E-state index in [1.54, 1.807) is 12.1 Å². The van der Waals surface area contributed by atoms with Crippen molar-refractivity contribution in [3.05, 3.63) is 28.2 Å². The monoisotopic (exact) mass is 243 g/mol. The van der Waals surface area contributed by atoms with Crippen molar-refractivity contribution in [2.24, 2.45) is 0 Å². The van der Waals surface area contributed by atoms with Crippen molar-refractivity contribution in [1.29, 1.82) is 5.26 Å². The molecule has 0 bridgehead atoms. The van der Waals surface area contributed by atoms with E-state index in [0.29, 0.717) is 10.0 Å². The van der Waals surface area contributed by atoms with Crippen LogP contribution in [0.2, 0.25) is 0 Å². The first-order valence-electron chi connectivity index (χ1n) is 3.37. The molecule has 4 nitrogen and oxygen atoms in total. The topological polar surface area (TPSA) is 73.5 Å². The van der Waals surface area contributed by atoms with Gasteiger partial charge in [-0.25, -0.2) is 4.89 Å². The van der Waals surface area contributed by atoms with Gasteiger partial charge in [-0.2, -0.15) is 5.26 Å². The second kappa shape index (κ2) is 4.23. The summed E-state index contributed by atoms with van der Waals surface area (Å²) in [5, 5.41) is 26.0. The first-order chi connectivity index (χ1) is 6.19. The molecule has 0 spiro atoms. The zero-order chi connectivity index (χ0) is 9.84. The Morgan fingerprint density at radius 3 is 2.77 bits per heavy atom. The highest BCUT2D eigenvalue weighted by Crippen LogP contribution is 2.28.